The van der Waals surface area contributed by atoms with Crippen molar-refractivity contribution in [1.29, 1.82) is 0 Å². The first-order valence-electron chi connectivity index (χ1n) is 6.03. The Hall–Kier alpha value is -2.68. The molecule has 0 aliphatic heterocycles. The zero-order chi connectivity index (χ0) is 12.8. The van der Waals surface area contributed by atoms with Gasteiger partial charge in [-0.2, -0.15) is 0 Å². The van der Waals surface area contributed by atoms with Crippen LogP contribution >= 0.6 is 0 Å². The lowest BCUT2D eigenvalue weighted by molar-refractivity contribution is 0.663. The van der Waals surface area contributed by atoms with Crippen molar-refractivity contribution in [3.05, 3.63) is 65.1 Å². The van der Waals surface area contributed by atoms with Crippen LogP contribution in [0, 0.1) is 0 Å². The molecule has 90 valence electrons. The number of rotatable bonds is 0. The Morgan fingerprint density at radius 3 is 2.74 bits per heavy atom. The number of nitrogens with zero attached hydrogens (tertiary/aromatic N) is 1. The Morgan fingerprint density at radius 2 is 1.79 bits per heavy atom. The van der Waals surface area contributed by atoms with Crippen LogP contribution in [0.15, 0.2) is 64.1 Å². The van der Waals surface area contributed by atoms with Crippen molar-refractivity contribution in [2.45, 2.75) is 0 Å². The molecule has 2 aromatic heterocycles. The van der Waals surface area contributed by atoms with Gasteiger partial charge in [-0.05, 0) is 29.7 Å². The van der Waals surface area contributed by atoms with Crippen molar-refractivity contribution in [2.75, 3.05) is 0 Å². The van der Waals surface area contributed by atoms with Crippen LogP contribution in [0.25, 0.3) is 32.7 Å². The highest BCUT2D eigenvalue weighted by Gasteiger charge is 2.09. The van der Waals surface area contributed by atoms with E-state index in [0.29, 0.717) is 21.9 Å². The summed E-state index contributed by atoms with van der Waals surface area (Å²) in [6.45, 7) is 0. The van der Waals surface area contributed by atoms with Gasteiger partial charge in [-0.25, -0.2) is 0 Å². The third-order valence-electron chi connectivity index (χ3n) is 3.36. The van der Waals surface area contributed by atoms with Crippen LogP contribution in [-0.2, 0) is 0 Å². The fourth-order valence-corrected chi connectivity index (χ4v) is 2.42. The van der Waals surface area contributed by atoms with E-state index in [2.05, 4.69) is 4.98 Å². The van der Waals surface area contributed by atoms with E-state index in [1.807, 2.05) is 36.4 Å². The van der Waals surface area contributed by atoms with Gasteiger partial charge >= 0.3 is 0 Å². The molecule has 0 N–H and O–H groups in total. The Morgan fingerprint density at radius 1 is 0.895 bits per heavy atom. The van der Waals surface area contributed by atoms with Crippen molar-refractivity contribution in [2.24, 2.45) is 0 Å². The molecule has 2 heterocycles. The number of para-hydroxylation sites is 1. The minimum absolute atomic E-state index is 0.00241. The molecular formula is C16H9NO2. The van der Waals surface area contributed by atoms with Crippen LogP contribution in [-0.4, -0.2) is 4.98 Å². The molecule has 0 bridgehead atoms. The highest BCUT2D eigenvalue weighted by Crippen LogP contribution is 2.25. The Labute approximate surface area is 108 Å². The minimum Gasteiger partial charge on any atom is -0.455 e. The lowest BCUT2D eigenvalue weighted by atomic mass is 10.1. The molecule has 3 heteroatoms. The molecule has 0 aliphatic rings. The predicted octanol–water partition coefficient (Wildman–Crippen LogP) is 3.49. The largest absolute Gasteiger partial charge is 0.455 e. The topological polar surface area (TPSA) is 43.1 Å². The molecule has 0 fully saturated rings. The fraction of sp³-hybridized carbons (Fsp3) is 0. The summed E-state index contributed by atoms with van der Waals surface area (Å²) in [6, 6.07) is 12.9. The Bertz CT molecular complexity index is 986. The number of aromatic nitrogens is 1. The first-order chi connectivity index (χ1) is 9.34. The van der Waals surface area contributed by atoms with Gasteiger partial charge in [0, 0.05) is 17.8 Å². The number of hydrogen-bond donors (Lipinski definition) is 0. The molecule has 19 heavy (non-hydrogen) atoms. The van der Waals surface area contributed by atoms with Crippen LogP contribution in [0.3, 0.4) is 0 Å². The maximum atomic E-state index is 12.5. The highest BCUT2D eigenvalue weighted by molar-refractivity contribution is 6.05. The standard InChI is InChI=1S/C16H9NO2/c18-15-11-3-1-2-4-14(11)19-16-12(15)6-5-10-7-8-17-9-13(10)16/h1-9H. The lowest BCUT2D eigenvalue weighted by Gasteiger charge is -2.04. The molecule has 0 radical (unpaired) electrons. The van der Waals surface area contributed by atoms with E-state index in [9.17, 15) is 4.79 Å². The van der Waals surface area contributed by atoms with Crippen LogP contribution in [0.2, 0.25) is 0 Å². The third-order valence-corrected chi connectivity index (χ3v) is 3.36. The number of pyridine rings is 1. The summed E-state index contributed by atoms with van der Waals surface area (Å²) in [5, 5.41) is 3.08. The van der Waals surface area contributed by atoms with E-state index in [-0.39, 0.29) is 5.43 Å². The second-order valence-electron chi connectivity index (χ2n) is 4.47. The minimum atomic E-state index is 0.00241. The summed E-state index contributed by atoms with van der Waals surface area (Å²) in [5.74, 6) is 0. The zero-order valence-electron chi connectivity index (χ0n) is 9.96. The first kappa shape index (κ1) is 10.3. The fourth-order valence-electron chi connectivity index (χ4n) is 2.42. The van der Waals surface area contributed by atoms with E-state index in [4.69, 9.17) is 4.42 Å². The van der Waals surface area contributed by atoms with Crippen molar-refractivity contribution < 1.29 is 4.42 Å². The predicted molar refractivity (Wildman–Crippen MR) is 75.3 cm³/mol. The SMILES string of the molecule is O=c1c2ccccc2oc2c1ccc1ccncc12. The zero-order valence-corrected chi connectivity index (χ0v) is 9.96. The summed E-state index contributed by atoms with van der Waals surface area (Å²) < 4.78 is 5.90. The highest BCUT2D eigenvalue weighted by atomic mass is 16.3. The van der Waals surface area contributed by atoms with Gasteiger partial charge in [-0.1, -0.05) is 18.2 Å². The average Bonchev–Trinajstić information content (AvgIpc) is 2.47. The van der Waals surface area contributed by atoms with Crippen molar-refractivity contribution in [3.63, 3.8) is 0 Å². The Kier molecular flexibility index (Phi) is 1.97. The van der Waals surface area contributed by atoms with E-state index >= 15 is 0 Å². The summed E-state index contributed by atoms with van der Waals surface area (Å²) in [4.78, 5) is 16.6. The van der Waals surface area contributed by atoms with Gasteiger partial charge in [0.2, 0.25) is 5.43 Å². The van der Waals surface area contributed by atoms with Crippen molar-refractivity contribution >= 4 is 32.7 Å². The maximum Gasteiger partial charge on any atom is 0.200 e. The van der Waals surface area contributed by atoms with Gasteiger partial charge in [0.25, 0.3) is 0 Å². The molecule has 4 rings (SSSR count). The van der Waals surface area contributed by atoms with E-state index < -0.39 is 0 Å². The van der Waals surface area contributed by atoms with Gasteiger partial charge in [0.15, 0.2) is 0 Å². The van der Waals surface area contributed by atoms with Gasteiger partial charge < -0.3 is 4.42 Å². The number of fused-ring (bicyclic) bond motifs is 4. The van der Waals surface area contributed by atoms with Crippen molar-refractivity contribution in [1.82, 2.24) is 4.98 Å². The summed E-state index contributed by atoms with van der Waals surface area (Å²) in [6.07, 6.45) is 3.46. The molecule has 0 saturated carbocycles. The molecule has 0 saturated heterocycles. The Balaban J connectivity index is 2.36. The summed E-state index contributed by atoms with van der Waals surface area (Å²) in [7, 11) is 0. The van der Waals surface area contributed by atoms with E-state index in [1.165, 1.54) is 0 Å². The molecule has 4 aromatic rings. The third kappa shape index (κ3) is 1.38. The summed E-state index contributed by atoms with van der Waals surface area (Å²) >= 11 is 0. The maximum absolute atomic E-state index is 12.5. The smallest absolute Gasteiger partial charge is 0.200 e. The van der Waals surface area contributed by atoms with Gasteiger partial charge in [0.1, 0.15) is 11.2 Å². The van der Waals surface area contributed by atoms with Gasteiger partial charge in [-0.15, -0.1) is 0 Å². The van der Waals surface area contributed by atoms with Crippen LogP contribution in [0.1, 0.15) is 0 Å². The summed E-state index contributed by atoms with van der Waals surface area (Å²) in [5.41, 5.74) is 1.22. The van der Waals surface area contributed by atoms with Crippen molar-refractivity contribution in [3.8, 4) is 0 Å². The normalized spacial score (nSPS) is 11.4. The molecule has 0 atom stereocenters. The quantitative estimate of drug-likeness (QED) is 0.353. The molecule has 0 spiro atoms. The monoisotopic (exact) mass is 247 g/mol. The number of hydrogen-bond acceptors (Lipinski definition) is 3. The molecule has 2 aromatic carbocycles. The van der Waals surface area contributed by atoms with Crippen LogP contribution in [0.5, 0.6) is 0 Å². The van der Waals surface area contributed by atoms with Crippen LogP contribution < -0.4 is 5.43 Å². The molecule has 3 nitrogen and oxygen atoms in total. The number of benzene rings is 2. The molecule has 0 amide bonds. The molecule has 0 unspecified atom stereocenters. The lowest BCUT2D eigenvalue weighted by Crippen LogP contribution is -2.01. The van der Waals surface area contributed by atoms with E-state index in [1.54, 1.807) is 18.5 Å². The van der Waals surface area contributed by atoms with Crippen LogP contribution in [0.4, 0.5) is 0 Å². The molecular weight excluding hydrogens is 238 g/mol. The van der Waals surface area contributed by atoms with E-state index in [0.717, 1.165) is 10.8 Å². The van der Waals surface area contributed by atoms with Gasteiger partial charge in [0.05, 0.1) is 10.8 Å². The van der Waals surface area contributed by atoms with Gasteiger partial charge in [-0.3, -0.25) is 9.78 Å². The second-order valence-corrected chi connectivity index (χ2v) is 4.47. The first-order valence-corrected chi connectivity index (χ1v) is 6.03. The average molecular weight is 247 g/mol. The second kappa shape index (κ2) is 3.65. The molecule has 0 aliphatic carbocycles.